The van der Waals surface area contributed by atoms with Gasteiger partial charge in [0, 0.05) is 12.2 Å². The van der Waals surface area contributed by atoms with Crippen LogP contribution in [0.3, 0.4) is 0 Å². The minimum Gasteiger partial charge on any atom is -0.399 e. The highest BCUT2D eigenvalue weighted by Crippen LogP contribution is 2.22. The maximum absolute atomic E-state index is 12.8. The molecule has 2 aromatic carbocycles. The van der Waals surface area contributed by atoms with Gasteiger partial charge >= 0.3 is 0 Å². The van der Waals surface area contributed by atoms with Gasteiger partial charge in [0.05, 0.1) is 15.9 Å². The molecule has 0 amide bonds. The molecular formula is C20H25N3O2S. The summed E-state index contributed by atoms with van der Waals surface area (Å²) in [6, 6.07) is 14.2. The molecule has 0 atom stereocenters. The number of imidazole rings is 1. The van der Waals surface area contributed by atoms with Crippen LogP contribution in [0.1, 0.15) is 38.4 Å². The maximum atomic E-state index is 12.8. The van der Waals surface area contributed by atoms with Gasteiger partial charge < -0.3 is 10.3 Å². The van der Waals surface area contributed by atoms with Gasteiger partial charge in [0.15, 0.2) is 9.84 Å². The second kappa shape index (κ2) is 7.91. The van der Waals surface area contributed by atoms with E-state index in [0.717, 1.165) is 30.4 Å². The summed E-state index contributed by atoms with van der Waals surface area (Å²) >= 11 is 0. The molecule has 138 valence electrons. The molecule has 1 heterocycles. The lowest BCUT2D eigenvalue weighted by Crippen LogP contribution is -2.11. The predicted octanol–water partition coefficient (Wildman–Crippen LogP) is 4.17. The Kier molecular flexibility index (Phi) is 5.61. The second-order valence-electron chi connectivity index (χ2n) is 6.56. The first-order valence-electron chi connectivity index (χ1n) is 9.03. The van der Waals surface area contributed by atoms with Gasteiger partial charge in [0.2, 0.25) is 0 Å². The number of para-hydroxylation sites is 2. The minimum absolute atomic E-state index is 0.112. The Morgan fingerprint density at radius 3 is 2.46 bits per heavy atom. The Labute approximate surface area is 154 Å². The molecular weight excluding hydrogens is 346 g/mol. The first kappa shape index (κ1) is 18.5. The third-order valence-corrected chi connectivity index (χ3v) is 6.16. The van der Waals surface area contributed by atoms with E-state index in [1.807, 2.05) is 24.3 Å². The van der Waals surface area contributed by atoms with Crippen molar-refractivity contribution in [2.24, 2.45) is 0 Å². The van der Waals surface area contributed by atoms with Gasteiger partial charge in [-0.25, -0.2) is 13.4 Å². The molecule has 0 saturated carbocycles. The number of rotatable bonds is 8. The third-order valence-electron chi connectivity index (χ3n) is 4.53. The summed E-state index contributed by atoms with van der Waals surface area (Å²) < 4.78 is 27.7. The van der Waals surface area contributed by atoms with Gasteiger partial charge in [-0.3, -0.25) is 0 Å². The van der Waals surface area contributed by atoms with Crippen molar-refractivity contribution in [2.45, 2.75) is 49.8 Å². The summed E-state index contributed by atoms with van der Waals surface area (Å²) in [6.45, 7) is 2.96. The Balaban J connectivity index is 1.92. The fourth-order valence-corrected chi connectivity index (χ4v) is 4.39. The van der Waals surface area contributed by atoms with Crippen LogP contribution in [0.25, 0.3) is 11.0 Å². The van der Waals surface area contributed by atoms with E-state index in [0.29, 0.717) is 11.5 Å². The van der Waals surface area contributed by atoms with Crippen LogP contribution >= 0.6 is 0 Å². The lowest BCUT2D eigenvalue weighted by Gasteiger charge is -2.10. The lowest BCUT2D eigenvalue weighted by molar-refractivity contribution is 0.571. The largest absolute Gasteiger partial charge is 0.399 e. The van der Waals surface area contributed by atoms with E-state index in [4.69, 9.17) is 5.73 Å². The predicted molar refractivity (Wildman–Crippen MR) is 106 cm³/mol. The minimum atomic E-state index is -3.47. The average Bonchev–Trinajstić information content (AvgIpc) is 2.95. The number of fused-ring (bicyclic) bond motifs is 1. The smallest absolute Gasteiger partial charge is 0.185 e. The molecule has 2 N–H and O–H groups in total. The fourth-order valence-electron chi connectivity index (χ4n) is 3.11. The number of aryl methyl sites for hydroxylation is 1. The Hall–Kier alpha value is -2.34. The molecule has 0 unspecified atom stereocenters. The van der Waals surface area contributed by atoms with Crippen LogP contribution in [0.15, 0.2) is 53.4 Å². The first-order chi connectivity index (χ1) is 12.5. The van der Waals surface area contributed by atoms with E-state index in [1.54, 1.807) is 24.3 Å². The van der Waals surface area contributed by atoms with E-state index in [2.05, 4.69) is 16.5 Å². The van der Waals surface area contributed by atoms with Gasteiger partial charge in [-0.15, -0.1) is 0 Å². The van der Waals surface area contributed by atoms with Crippen LogP contribution in [-0.4, -0.2) is 18.0 Å². The number of benzene rings is 2. The molecule has 26 heavy (non-hydrogen) atoms. The second-order valence-corrected chi connectivity index (χ2v) is 8.55. The normalized spacial score (nSPS) is 11.9. The van der Waals surface area contributed by atoms with E-state index in [1.165, 1.54) is 12.8 Å². The maximum Gasteiger partial charge on any atom is 0.185 e. The van der Waals surface area contributed by atoms with E-state index >= 15 is 0 Å². The molecule has 0 saturated heterocycles. The van der Waals surface area contributed by atoms with E-state index < -0.39 is 9.84 Å². The third kappa shape index (κ3) is 4.07. The molecule has 3 aromatic rings. The van der Waals surface area contributed by atoms with Crippen molar-refractivity contribution < 1.29 is 8.42 Å². The molecule has 3 rings (SSSR count). The van der Waals surface area contributed by atoms with Crippen molar-refractivity contribution in [1.82, 2.24) is 9.55 Å². The Morgan fingerprint density at radius 1 is 1.00 bits per heavy atom. The number of hydrogen-bond donors (Lipinski definition) is 1. The highest BCUT2D eigenvalue weighted by atomic mass is 32.2. The van der Waals surface area contributed by atoms with Crippen LogP contribution in [0.4, 0.5) is 5.69 Å². The van der Waals surface area contributed by atoms with E-state index in [9.17, 15) is 8.42 Å². The van der Waals surface area contributed by atoms with Crippen molar-refractivity contribution >= 4 is 26.6 Å². The molecule has 0 spiro atoms. The number of unbranched alkanes of at least 4 members (excludes halogenated alkanes) is 3. The van der Waals surface area contributed by atoms with Crippen LogP contribution in [0.2, 0.25) is 0 Å². The zero-order valence-corrected chi connectivity index (χ0v) is 15.9. The number of nitrogen functional groups attached to an aromatic ring is 1. The molecule has 5 nitrogen and oxygen atoms in total. The van der Waals surface area contributed by atoms with Gasteiger partial charge in [-0.05, 0) is 42.8 Å². The fraction of sp³-hybridized carbons (Fsp3) is 0.350. The quantitative estimate of drug-likeness (QED) is 0.476. The van der Waals surface area contributed by atoms with Crippen molar-refractivity contribution in [3.05, 3.63) is 54.4 Å². The highest BCUT2D eigenvalue weighted by Gasteiger charge is 2.20. The number of hydrogen-bond acceptors (Lipinski definition) is 4. The van der Waals surface area contributed by atoms with Crippen molar-refractivity contribution in [3.8, 4) is 0 Å². The molecule has 0 aliphatic rings. The number of anilines is 1. The SMILES string of the molecule is CCCCCCn1c(CS(=O)(=O)c2ccc(N)cc2)nc2ccccc21. The number of nitrogens with zero attached hydrogens (tertiary/aromatic N) is 2. The van der Waals surface area contributed by atoms with Crippen LogP contribution in [0.5, 0.6) is 0 Å². The molecule has 6 heteroatoms. The molecule has 0 fully saturated rings. The highest BCUT2D eigenvalue weighted by molar-refractivity contribution is 7.90. The standard InChI is InChI=1S/C20H25N3O2S/c1-2-3-4-7-14-23-19-9-6-5-8-18(19)22-20(23)15-26(24,25)17-12-10-16(21)11-13-17/h5-6,8-13H,2-4,7,14-15,21H2,1H3. The summed E-state index contributed by atoms with van der Waals surface area (Å²) in [7, 11) is -3.47. The summed E-state index contributed by atoms with van der Waals surface area (Å²) in [4.78, 5) is 4.87. The number of sulfone groups is 1. The lowest BCUT2D eigenvalue weighted by atomic mass is 10.2. The topological polar surface area (TPSA) is 78.0 Å². The van der Waals surface area contributed by atoms with Crippen molar-refractivity contribution in [1.29, 1.82) is 0 Å². The first-order valence-corrected chi connectivity index (χ1v) is 10.7. The summed E-state index contributed by atoms with van der Waals surface area (Å²) in [5.74, 6) is 0.485. The monoisotopic (exact) mass is 371 g/mol. The number of aromatic nitrogens is 2. The Bertz CT molecular complexity index is 976. The molecule has 0 aliphatic heterocycles. The van der Waals surface area contributed by atoms with Crippen LogP contribution < -0.4 is 5.73 Å². The Morgan fingerprint density at radius 2 is 1.73 bits per heavy atom. The van der Waals surface area contributed by atoms with Gasteiger partial charge in [-0.2, -0.15) is 0 Å². The van der Waals surface area contributed by atoms with Crippen LogP contribution in [-0.2, 0) is 22.1 Å². The molecule has 0 radical (unpaired) electrons. The molecule has 1 aromatic heterocycles. The summed E-state index contributed by atoms with van der Waals surface area (Å²) in [6.07, 6.45) is 4.50. The van der Waals surface area contributed by atoms with E-state index in [-0.39, 0.29) is 10.6 Å². The summed E-state index contributed by atoms with van der Waals surface area (Å²) in [5, 5.41) is 0. The van der Waals surface area contributed by atoms with Crippen molar-refractivity contribution in [2.75, 3.05) is 5.73 Å². The number of nitrogens with two attached hydrogens (primary N) is 1. The van der Waals surface area contributed by atoms with Crippen LogP contribution in [0, 0.1) is 0 Å². The van der Waals surface area contributed by atoms with Gasteiger partial charge in [0.25, 0.3) is 0 Å². The van der Waals surface area contributed by atoms with Crippen molar-refractivity contribution in [3.63, 3.8) is 0 Å². The average molecular weight is 372 g/mol. The van der Waals surface area contributed by atoms with Gasteiger partial charge in [0.1, 0.15) is 11.6 Å². The molecule has 0 bridgehead atoms. The molecule has 0 aliphatic carbocycles. The summed E-state index contributed by atoms with van der Waals surface area (Å²) in [5.41, 5.74) is 8.04. The zero-order chi connectivity index (χ0) is 18.6. The zero-order valence-electron chi connectivity index (χ0n) is 15.1. The van der Waals surface area contributed by atoms with Gasteiger partial charge in [-0.1, -0.05) is 38.3 Å².